The number of hydrogen-bond acceptors (Lipinski definition) is 3. The lowest BCUT2D eigenvalue weighted by Crippen LogP contribution is -2.44. The van der Waals surface area contributed by atoms with E-state index in [4.69, 9.17) is 16.3 Å². The van der Waals surface area contributed by atoms with Gasteiger partial charge in [-0.05, 0) is 42.5 Å². The van der Waals surface area contributed by atoms with Crippen LogP contribution in [-0.2, 0) is 9.53 Å². The fourth-order valence-electron chi connectivity index (χ4n) is 2.75. The second kappa shape index (κ2) is 6.94. The molecule has 0 spiro atoms. The number of piperidine rings is 1. The van der Waals surface area contributed by atoms with Crippen molar-refractivity contribution in [2.24, 2.45) is 11.8 Å². The van der Waals surface area contributed by atoms with Gasteiger partial charge in [0.15, 0.2) is 6.61 Å². The highest BCUT2D eigenvalue weighted by Crippen LogP contribution is 2.21. The highest BCUT2D eigenvalue weighted by molar-refractivity contribution is 6.30. The third kappa shape index (κ3) is 4.46. The first kappa shape index (κ1) is 15.8. The van der Waals surface area contributed by atoms with Crippen LogP contribution in [-0.4, -0.2) is 36.5 Å². The summed E-state index contributed by atoms with van der Waals surface area (Å²) in [4.78, 5) is 25.7. The molecule has 114 valence electrons. The average molecular weight is 310 g/mol. The number of amides is 1. The number of benzene rings is 1. The van der Waals surface area contributed by atoms with Gasteiger partial charge in [-0.2, -0.15) is 0 Å². The first-order valence-electron chi connectivity index (χ1n) is 7.16. The van der Waals surface area contributed by atoms with Crippen LogP contribution in [0.15, 0.2) is 24.3 Å². The van der Waals surface area contributed by atoms with Crippen molar-refractivity contribution in [2.45, 2.75) is 20.3 Å². The van der Waals surface area contributed by atoms with Crippen LogP contribution >= 0.6 is 11.6 Å². The van der Waals surface area contributed by atoms with Crippen LogP contribution < -0.4 is 0 Å². The SMILES string of the molecule is CC1CC(C)CN(C(=O)COC(=O)c2ccc(Cl)cc2)C1. The number of carbonyl (C=O) groups excluding carboxylic acids is 2. The number of hydrogen-bond donors (Lipinski definition) is 0. The minimum Gasteiger partial charge on any atom is -0.452 e. The van der Waals surface area contributed by atoms with Crippen LogP contribution in [0.2, 0.25) is 5.02 Å². The Bertz CT molecular complexity index is 505. The second-order valence-electron chi connectivity index (χ2n) is 5.83. The van der Waals surface area contributed by atoms with E-state index in [2.05, 4.69) is 13.8 Å². The zero-order valence-corrected chi connectivity index (χ0v) is 13.1. The highest BCUT2D eigenvalue weighted by Gasteiger charge is 2.25. The minimum atomic E-state index is -0.502. The van der Waals surface area contributed by atoms with Gasteiger partial charge in [-0.1, -0.05) is 25.4 Å². The Kier molecular flexibility index (Phi) is 5.23. The van der Waals surface area contributed by atoms with Gasteiger partial charge < -0.3 is 9.64 Å². The number of rotatable bonds is 3. The standard InChI is InChI=1S/C16H20ClNO3/c1-11-7-12(2)9-18(8-11)15(19)10-21-16(20)13-3-5-14(17)6-4-13/h3-6,11-12H,7-10H2,1-2H3. The molecule has 0 radical (unpaired) electrons. The first-order chi connectivity index (χ1) is 9.95. The van der Waals surface area contributed by atoms with E-state index in [-0.39, 0.29) is 12.5 Å². The maximum absolute atomic E-state index is 12.1. The summed E-state index contributed by atoms with van der Waals surface area (Å²) in [7, 11) is 0. The molecule has 5 heteroatoms. The number of ether oxygens (including phenoxy) is 1. The Balaban J connectivity index is 1.86. The summed E-state index contributed by atoms with van der Waals surface area (Å²) in [6.07, 6.45) is 1.13. The molecule has 21 heavy (non-hydrogen) atoms. The molecule has 1 aromatic carbocycles. The molecule has 1 heterocycles. The molecule has 0 bridgehead atoms. The molecule has 1 aliphatic rings. The molecule has 1 fully saturated rings. The summed E-state index contributed by atoms with van der Waals surface area (Å²) in [5, 5.41) is 0.555. The molecule has 2 unspecified atom stereocenters. The van der Waals surface area contributed by atoms with E-state index in [1.54, 1.807) is 29.2 Å². The van der Waals surface area contributed by atoms with Gasteiger partial charge in [0.2, 0.25) is 0 Å². The molecule has 1 aromatic rings. The third-order valence-corrected chi connectivity index (χ3v) is 3.88. The molecule has 2 atom stereocenters. The van der Waals surface area contributed by atoms with Crippen molar-refractivity contribution in [3.63, 3.8) is 0 Å². The number of likely N-dealkylation sites (tertiary alicyclic amines) is 1. The van der Waals surface area contributed by atoms with Gasteiger partial charge in [0.25, 0.3) is 5.91 Å². The van der Waals surface area contributed by atoms with Crippen molar-refractivity contribution in [1.82, 2.24) is 4.90 Å². The maximum Gasteiger partial charge on any atom is 0.338 e. The normalized spacial score (nSPS) is 22.0. The summed E-state index contributed by atoms with van der Waals surface area (Å²) < 4.78 is 5.08. The third-order valence-electron chi connectivity index (χ3n) is 3.63. The molecule has 1 saturated heterocycles. The Morgan fingerprint density at radius 1 is 1.19 bits per heavy atom. The smallest absolute Gasteiger partial charge is 0.338 e. The predicted octanol–water partition coefficient (Wildman–Crippen LogP) is 3.00. The van der Waals surface area contributed by atoms with E-state index in [1.165, 1.54) is 0 Å². The van der Waals surface area contributed by atoms with Crippen LogP contribution in [0.25, 0.3) is 0 Å². The van der Waals surface area contributed by atoms with E-state index in [0.717, 1.165) is 19.5 Å². The molecule has 0 saturated carbocycles. The molecule has 2 rings (SSSR count). The number of esters is 1. The molecule has 4 nitrogen and oxygen atoms in total. The fourth-order valence-corrected chi connectivity index (χ4v) is 2.88. The zero-order chi connectivity index (χ0) is 15.4. The lowest BCUT2D eigenvalue weighted by atomic mass is 9.92. The van der Waals surface area contributed by atoms with E-state index in [1.807, 2.05) is 0 Å². The largest absolute Gasteiger partial charge is 0.452 e. The van der Waals surface area contributed by atoms with E-state index < -0.39 is 5.97 Å². The number of halogens is 1. The van der Waals surface area contributed by atoms with E-state index >= 15 is 0 Å². The summed E-state index contributed by atoms with van der Waals surface area (Å²) in [5.74, 6) is 0.350. The summed E-state index contributed by atoms with van der Waals surface area (Å²) in [6, 6.07) is 6.41. The molecular weight excluding hydrogens is 290 g/mol. The number of carbonyl (C=O) groups is 2. The molecule has 1 amide bonds. The van der Waals surface area contributed by atoms with Crippen molar-refractivity contribution in [1.29, 1.82) is 0 Å². The molecule has 0 aliphatic carbocycles. The maximum atomic E-state index is 12.1. The van der Waals surface area contributed by atoms with Gasteiger partial charge in [-0.25, -0.2) is 4.79 Å². The van der Waals surface area contributed by atoms with Crippen LogP contribution in [0.1, 0.15) is 30.6 Å². The predicted molar refractivity (Wildman–Crippen MR) is 81.3 cm³/mol. The van der Waals surface area contributed by atoms with E-state index in [0.29, 0.717) is 22.4 Å². The topological polar surface area (TPSA) is 46.6 Å². The van der Waals surface area contributed by atoms with Gasteiger partial charge in [-0.15, -0.1) is 0 Å². The minimum absolute atomic E-state index is 0.129. The first-order valence-corrected chi connectivity index (χ1v) is 7.54. The second-order valence-corrected chi connectivity index (χ2v) is 6.26. The van der Waals surface area contributed by atoms with Crippen molar-refractivity contribution in [3.05, 3.63) is 34.9 Å². The Labute approximate surface area is 130 Å². The number of nitrogens with zero attached hydrogens (tertiary/aromatic N) is 1. The van der Waals surface area contributed by atoms with Gasteiger partial charge in [-0.3, -0.25) is 4.79 Å². The molecule has 0 N–H and O–H groups in total. The van der Waals surface area contributed by atoms with E-state index in [9.17, 15) is 9.59 Å². The van der Waals surface area contributed by atoms with Gasteiger partial charge in [0.1, 0.15) is 0 Å². The Morgan fingerprint density at radius 3 is 2.33 bits per heavy atom. The molecule has 0 aromatic heterocycles. The van der Waals surface area contributed by atoms with Crippen molar-refractivity contribution >= 4 is 23.5 Å². The van der Waals surface area contributed by atoms with Crippen LogP contribution in [0, 0.1) is 11.8 Å². The summed E-state index contributed by atoms with van der Waals surface area (Å²) >= 11 is 5.76. The zero-order valence-electron chi connectivity index (χ0n) is 12.3. The quantitative estimate of drug-likeness (QED) is 0.806. The average Bonchev–Trinajstić information content (AvgIpc) is 2.44. The lowest BCUT2D eigenvalue weighted by Gasteiger charge is -2.34. The lowest BCUT2D eigenvalue weighted by molar-refractivity contribution is -0.137. The Morgan fingerprint density at radius 2 is 1.76 bits per heavy atom. The van der Waals surface area contributed by atoms with Crippen LogP contribution in [0.3, 0.4) is 0 Å². The Hall–Kier alpha value is -1.55. The monoisotopic (exact) mass is 309 g/mol. The summed E-state index contributed by atoms with van der Waals surface area (Å²) in [6.45, 7) is 5.54. The van der Waals surface area contributed by atoms with Gasteiger partial charge in [0, 0.05) is 18.1 Å². The van der Waals surface area contributed by atoms with Crippen molar-refractivity contribution in [3.8, 4) is 0 Å². The van der Waals surface area contributed by atoms with Crippen molar-refractivity contribution in [2.75, 3.05) is 19.7 Å². The van der Waals surface area contributed by atoms with Gasteiger partial charge in [0.05, 0.1) is 5.56 Å². The molecule has 1 aliphatic heterocycles. The van der Waals surface area contributed by atoms with Crippen LogP contribution in [0.5, 0.6) is 0 Å². The van der Waals surface area contributed by atoms with Gasteiger partial charge >= 0.3 is 5.97 Å². The summed E-state index contributed by atoms with van der Waals surface area (Å²) in [5.41, 5.74) is 0.396. The van der Waals surface area contributed by atoms with Crippen LogP contribution in [0.4, 0.5) is 0 Å². The molecular formula is C16H20ClNO3. The van der Waals surface area contributed by atoms with Crippen molar-refractivity contribution < 1.29 is 14.3 Å². The fraction of sp³-hybridized carbons (Fsp3) is 0.500. The highest BCUT2D eigenvalue weighted by atomic mass is 35.5.